The Morgan fingerprint density at radius 2 is 1.62 bits per heavy atom. The normalized spacial score (nSPS) is 21.2. The number of hydrogen-bond donors (Lipinski definition) is 2. The fraction of sp³-hybridized carbons (Fsp3) is 0.339. The molecule has 1 aliphatic heterocycles. The van der Waals surface area contributed by atoms with Gasteiger partial charge in [0.25, 0.3) is 5.69 Å². The van der Waals surface area contributed by atoms with Gasteiger partial charge in [0.15, 0.2) is 6.29 Å². The number of rotatable bonds is 23. The van der Waals surface area contributed by atoms with E-state index in [-0.39, 0.29) is 62.7 Å². The zero-order valence-electron chi connectivity index (χ0n) is 40.0. The number of non-ortho nitro benzene ring substituents is 1. The number of nitro benzene ring substituents is 1. The standard InChI is InChI=1S/C56H58FN3O12/c1-3-29-68-56-52(59(34-37-15-17-41(57)18-16-37)55(64)71-43-21-19-42(20-22-43)60(65)66)33-49(58-69-36-38-11-5-4-6-12-38)47-31-39(13-7-9-27-61)46(14-8-10-28-62)53(54(47)56)48-32-45(24-26-51(48)72-56)70-44-23-25-50(67-2)40(30-44)35-63/h3-6,11-12,15-26,30-32,35,39,46,52-54,61-62H,1,7-10,13-14,27-29,33-34,36H2,2H3. The van der Waals surface area contributed by atoms with Gasteiger partial charge < -0.3 is 38.7 Å². The third-order valence-electron chi connectivity index (χ3n) is 13.6. The molecule has 0 spiro atoms. The molecule has 0 bridgehead atoms. The molecule has 376 valence electrons. The molecular weight excluding hydrogens is 926 g/mol. The zero-order valence-corrected chi connectivity index (χ0v) is 40.0. The Morgan fingerprint density at radius 3 is 2.32 bits per heavy atom. The number of carbonyl (C=O) groups excluding carboxylic acids is 2. The number of halogens is 1. The second-order valence-electron chi connectivity index (χ2n) is 18.0. The number of amides is 1. The van der Waals surface area contributed by atoms with E-state index in [4.69, 9.17) is 33.7 Å². The number of aliphatic hydroxyl groups is 2. The molecular formula is C56H58FN3O12. The van der Waals surface area contributed by atoms with Gasteiger partial charge in [0, 0.05) is 49.8 Å². The molecule has 6 unspecified atom stereocenters. The van der Waals surface area contributed by atoms with Gasteiger partial charge in [-0.1, -0.05) is 72.6 Å². The highest BCUT2D eigenvalue weighted by Gasteiger charge is 2.66. The monoisotopic (exact) mass is 983 g/mol. The van der Waals surface area contributed by atoms with Crippen molar-refractivity contribution in [3.05, 3.63) is 178 Å². The molecule has 8 rings (SSSR count). The highest BCUT2D eigenvalue weighted by molar-refractivity contribution is 6.03. The topological polar surface area (TPSA) is 189 Å². The maximum atomic E-state index is 15.1. The molecule has 1 heterocycles. The lowest BCUT2D eigenvalue weighted by Gasteiger charge is -2.59. The molecule has 72 heavy (non-hydrogen) atoms. The highest BCUT2D eigenvalue weighted by atomic mass is 19.1. The van der Waals surface area contributed by atoms with Gasteiger partial charge in [-0.05, 0) is 115 Å². The number of benzene rings is 5. The summed E-state index contributed by atoms with van der Waals surface area (Å²) in [5, 5.41) is 36.6. The Kier molecular flexibility index (Phi) is 16.8. The minimum absolute atomic E-state index is 0.00135. The number of unbranched alkanes of at least 4 members (excludes halogenated alkanes) is 2. The number of ether oxygens (including phenoxy) is 5. The van der Waals surface area contributed by atoms with Gasteiger partial charge in [-0.2, -0.15) is 0 Å². The van der Waals surface area contributed by atoms with Crippen LogP contribution in [-0.4, -0.2) is 76.9 Å². The maximum Gasteiger partial charge on any atom is 0.416 e. The number of methoxy groups -OCH3 is 1. The fourth-order valence-electron chi connectivity index (χ4n) is 10.4. The molecule has 5 aromatic rings. The number of fused-ring (bicyclic) bond motifs is 2. The molecule has 1 saturated carbocycles. The van der Waals surface area contributed by atoms with E-state index in [1.807, 2.05) is 36.4 Å². The van der Waals surface area contributed by atoms with Crippen LogP contribution in [0.3, 0.4) is 0 Å². The Balaban J connectivity index is 1.34. The van der Waals surface area contributed by atoms with Crippen LogP contribution in [0.5, 0.6) is 28.7 Å². The molecule has 0 radical (unpaired) electrons. The molecule has 1 fully saturated rings. The number of allylic oxidation sites excluding steroid dienone is 1. The van der Waals surface area contributed by atoms with E-state index in [0.717, 1.165) is 23.1 Å². The predicted octanol–water partition coefficient (Wildman–Crippen LogP) is 10.9. The molecule has 2 N–H and O–H groups in total. The third-order valence-corrected chi connectivity index (χ3v) is 13.6. The quantitative estimate of drug-likeness (QED) is 0.0207. The first-order chi connectivity index (χ1) is 35.1. The number of nitrogens with zero attached hydrogens (tertiary/aromatic N) is 3. The van der Waals surface area contributed by atoms with Gasteiger partial charge >= 0.3 is 6.09 Å². The third kappa shape index (κ3) is 11.4. The Bertz CT molecular complexity index is 2750. The molecule has 1 amide bonds. The molecule has 0 saturated heterocycles. The summed E-state index contributed by atoms with van der Waals surface area (Å²) in [7, 11) is 1.48. The number of hydrogen-bond acceptors (Lipinski definition) is 13. The van der Waals surface area contributed by atoms with E-state index in [2.05, 4.69) is 12.7 Å². The van der Waals surface area contributed by atoms with Crippen molar-refractivity contribution < 1.29 is 57.6 Å². The number of oxime groups is 1. The summed E-state index contributed by atoms with van der Waals surface area (Å²) < 4.78 is 46.9. The van der Waals surface area contributed by atoms with Crippen molar-refractivity contribution in [1.29, 1.82) is 0 Å². The SMILES string of the molecule is C=CCOC12Oc3ccc(Oc4ccc(OC)c(C=O)c4)cc3C3C(CCCCO)C(CCCCO)C=C(C(=NOCc4ccccc4)CC1N(Cc1ccc(F)cc1)C(=O)Oc1ccc([N+](=O)[O-])cc1)C32. The van der Waals surface area contributed by atoms with Gasteiger partial charge in [-0.3, -0.25) is 19.8 Å². The van der Waals surface area contributed by atoms with Gasteiger partial charge in [0.1, 0.15) is 47.2 Å². The Hall–Kier alpha value is -7.40. The van der Waals surface area contributed by atoms with Crippen molar-refractivity contribution in [1.82, 2.24) is 4.90 Å². The lowest BCUT2D eigenvalue weighted by atomic mass is 9.55. The second-order valence-corrected chi connectivity index (χ2v) is 18.0. The van der Waals surface area contributed by atoms with Crippen molar-refractivity contribution >= 4 is 23.8 Å². The first-order valence-electron chi connectivity index (χ1n) is 24.1. The average molecular weight is 984 g/mol. The molecule has 16 heteroatoms. The van der Waals surface area contributed by atoms with Crippen molar-refractivity contribution in [2.24, 2.45) is 22.9 Å². The Labute approximate surface area is 417 Å². The minimum Gasteiger partial charge on any atom is -0.496 e. The van der Waals surface area contributed by atoms with Crippen LogP contribution in [0.2, 0.25) is 0 Å². The number of aldehydes is 1. The summed E-state index contributed by atoms with van der Waals surface area (Å²) in [4.78, 5) is 45.9. The van der Waals surface area contributed by atoms with Crippen LogP contribution in [0, 0.1) is 33.7 Å². The van der Waals surface area contributed by atoms with Crippen molar-refractivity contribution in [3.63, 3.8) is 0 Å². The predicted molar refractivity (Wildman–Crippen MR) is 266 cm³/mol. The average Bonchev–Trinajstić information content (AvgIpc) is 3.39. The van der Waals surface area contributed by atoms with Crippen LogP contribution >= 0.6 is 0 Å². The van der Waals surface area contributed by atoms with Crippen LogP contribution in [0.1, 0.15) is 77.9 Å². The van der Waals surface area contributed by atoms with Crippen LogP contribution in [0.25, 0.3) is 0 Å². The highest BCUT2D eigenvalue weighted by Crippen LogP contribution is 2.62. The smallest absolute Gasteiger partial charge is 0.416 e. The number of nitro groups is 1. The molecule has 5 aromatic carbocycles. The van der Waals surface area contributed by atoms with Crippen LogP contribution in [-0.2, 0) is 22.7 Å². The van der Waals surface area contributed by atoms with Gasteiger partial charge in [-0.15, -0.1) is 6.58 Å². The van der Waals surface area contributed by atoms with E-state index in [1.54, 1.807) is 48.5 Å². The first kappa shape index (κ1) is 51.0. The summed E-state index contributed by atoms with van der Waals surface area (Å²) in [5.41, 5.74) is 3.64. The molecule has 2 aliphatic carbocycles. The summed E-state index contributed by atoms with van der Waals surface area (Å²) in [6.07, 6.45) is 7.62. The Morgan fingerprint density at radius 1 is 0.917 bits per heavy atom. The molecule has 3 aliphatic rings. The van der Waals surface area contributed by atoms with E-state index in [9.17, 15) is 29.5 Å². The van der Waals surface area contributed by atoms with E-state index >= 15 is 4.79 Å². The summed E-state index contributed by atoms with van der Waals surface area (Å²) in [6.45, 7) is 4.03. The van der Waals surface area contributed by atoms with Crippen molar-refractivity contribution in [3.8, 4) is 28.7 Å². The molecule has 6 atom stereocenters. The fourth-order valence-corrected chi connectivity index (χ4v) is 10.4. The maximum absolute atomic E-state index is 15.1. The van der Waals surface area contributed by atoms with Crippen LogP contribution < -0.4 is 18.9 Å². The van der Waals surface area contributed by atoms with E-state index < -0.39 is 40.5 Å². The molecule has 0 aromatic heterocycles. The summed E-state index contributed by atoms with van der Waals surface area (Å²) in [5.74, 6) is -1.77. The lowest BCUT2D eigenvalue weighted by Crippen LogP contribution is -2.70. The van der Waals surface area contributed by atoms with Gasteiger partial charge in [0.05, 0.1) is 35.8 Å². The number of aliphatic hydroxyl groups excluding tert-OH is 2. The van der Waals surface area contributed by atoms with Crippen molar-refractivity contribution in [2.45, 2.75) is 75.8 Å². The first-order valence-corrected chi connectivity index (χ1v) is 24.1. The van der Waals surface area contributed by atoms with Gasteiger partial charge in [-0.25, -0.2) is 9.18 Å². The molecule has 15 nitrogen and oxygen atoms in total. The minimum atomic E-state index is -1.70. The van der Waals surface area contributed by atoms with Gasteiger partial charge in [0.2, 0.25) is 5.79 Å². The van der Waals surface area contributed by atoms with Crippen LogP contribution in [0.15, 0.2) is 145 Å². The van der Waals surface area contributed by atoms with Crippen molar-refractivity contribution in [2.75, 3.05) is 26.9 Å². The summed E-state index contributed by atoms with van der Waals surface area (Å²) >= 11 is 0. The van der Waals surface area contributed by atoms with Crippen LogP contribution in [0.4, 0.5) is 14.9 Å². The number of carbonyl (C=O) groups is 2. The van der Waals surface area contributed by atoms with E-state index in [0.29, 0.717) is 78.2 Å². The summed E-state index contributed by atoms with van der Waals surface area (Å²) in [6, 6.07) is 29.9. The van der Waals surface area contributed by atoms with E-state index in [1.165, 1.54) is 48.4 Å². The lowest BCUT2D eigenvalue weighted by molar-refractivity contribution is -0.384. The largest absolute Gasteiger partial charge is 0.496 e. The second kappa shape index (κ2) is 23.7. The zero-order chi connectivity index (χ0) is 50.6.